The number of amides is 1. The second kappa shape index (κ2) is 5.78. The Morgan fingerprint density at radius 2 is 2.25 bits per heavy atom. The fraction of sp³-hybridized carbons (Fsp3) is 0.364. The molecule has 2 rings (SSSR count). The second-order valence-corrected chi connectivity index (χ2v) is 4.83. The van der Waals surface area contributed by atoms with E-state index in [4.69, 9.17) is 5.11 Å². The van der Waals surface area contributed by atoms with Crippen LogP contribution in [0.4, 0.5) is 5.13 Å². The summed E-state index contributed by atoms with van der Waals surface area (Å²) in [4.78, 5) is 28.0. The first-order valence-electron chi connectivity index (χ1n) is 5.87. The number of rotatable bonds is 5. The molecule has 0 spiro atoms. The van der Waals surface area contributed by atoms with Gasteiger partial charge in [0.2, 0.25) is 5.91 Å². The van der Waals surface area contributed by atoms with Gasteiger partial charge in [-0.15, -0.1) is 16.4 Å². The van der Waals surface area contributed by atoms with Crippen LogP contribution < -0.4 is 4.90 Å². The lowest BCUT2D eigenvalue weighted by Crippen LogP contribution is -2.27. The molecule has 0 aliphatic rings. The molecule has 0 atom stereocenters. The maximum atomic E-state index is 11.4. The van der Waals surface area contributed by atoms with E-state index in [1.54, 1.807) is 4.90 Å². The van der Waals surface area contributed by atoms with Crippen molar-refractivity contribution in [2.75, 3.05) is 11.4 Å². The molecule has 2 aromatic heterocycles. The Balaban J connectivity index is 2.12. The van der Waals surface area contributed by atoms with Crippen molar-refractivity contribution in [3.63, 3.8) is 0 Å². The van der Waals surface area contributed by atoms with Gasteiger partial charge in [0.15, 0.2) is 10.8 Å². The van der Waals surface area contributed by atoms with Gasteiger partial charge < -0.3 is 5.11 Å². The standard InChI is InChI=1S/C11H13N5O3S/c1-3-16(7(2)17)11-12-8(6-20-11)4-15-5-9(10(18)19)13-14-15/h5-6H,3-4H2,1-2H3,(H,18,19). The predicted octanol–water partition coefficient (Wildman–Crippen LogP) is 0.854. The van der Waals surface area contributed by atoms with Crippen molar-refractivity contribution in [2.45, 2.75) is 20.4 Å². The second-order valence-electron chi connectivity index (χ2n) is 3.99. The largest absolute Gasteiger partial charge is 0.476 e. The number of hydrogen-bond acceptors (Lipinski definition) is 6. The SMILES string of the molecule is CCN(C(C)=O)c1nc(Cn2cc(C(=O)O)nn2)cs1. The summed E-state index contributed by atoms with van der Waals surface area (Å²) >= 11 is 1.36. The van der Waals surface area contributed by atoms with Crippen LogP contribution in [-0.2, 0) is 11.3 Å². The Labute approximate surface area is 118 Å². The quantitative estimate of drug-likeness (QED) is 0.877. The molecule has 0 aliphatic heterocycles. The molecular weight excluding hydrogens is 282 g/mol. The smallest absolute Gasteiger partial charge is 0.358 e. The van der Waals surface area contributed by atoms with E-state index in [-0.39, 0.29) is 11.6 Å². The normalized spacial score (nSPS) is 10.5. The van der Waals surface area contributed by atoms with Crippen molar-refractivity contribution in [1.29, 1.82) is 0 Å². The van der Waals surface area contributed by atoms with E-state index in [0.717, 1.165) is 0 Å². The topological polar surface area (TPSA) is 101 Å². The van der Waals surface area contributed by atoms with E-state index in [1.807, 2.05) is 12.3 Å². The fourth-order valence-corrected chi connectivity index (χ4v) is 2.55. The summed E-state index contributed by atoms with van der Waals surface area (Å²) in [7, 11) is 0. The summed E-state index contributed by atoms with van der Waals surface area (Å²) in [6, 6.07) is 0. The Morgan fingerprint density at radius 1 is 1.50 bits per heavy atom. The number of nitrogens with zero attached hydrogens (tertiary/aromatic N) is 5. The molecule has 20 heavy (non-hydrogen) atoms. The highest BCUT2D eigenvalue weighted by Crippen LogP contribution is 2.21. The van der Waals surface area contributed by atoms with E-state index >= 15 is 0 Å². The van der Waals surface area contributed by atoms with Gasteiger partial charge in [0.25, 0.3) is 0 Å². The Morgan fingerprint density at radius 3 is 2.80 bits per heavy atom. The van der Waals surface area contributed by atoms with Crippen LogP contribution in [0.25, 0.3) is 0 Å². The van der Waals surface area contributed by atoms with E-state index in [0.29, 0.717) is 23.9 Å². The molecule has 2 heterocycles. The van der Waals surface area contributed by atoms with E-state index in [2.05, 4.69) is 15.3 Å². The summed E-state index contributed by atoms with van der Waals surface area (Å²) in [6.45, 7) is 4.22. The van der Waals surface area contributed by atoms with Gasteiger partial charge in [-0.25, -0.2) is 14.5 Å². The molecule has 1 N–H and O–H groups in total. The average molecular weight is 295 g/mol. The van der Waals surface area contributed by atoms with Crippen LogP contribution in [0.15, 0.2) is 11.6 Å². The molecule has 0 fully saturated rings. The van der Waals surface area contributed by atoms with Crippen molar-refractivity contribution in [3.8, 4) is 0 Å². The third-order valence-electron chi connectivity index (χ3n) is 2.55. The van der Waals surface area contributed by atoms with E-state index in [9.17, 15) is 9.59 Å². The Hall–Kier alpha value is -2.29. The van der Waals surface area contributed by atoms with Crippen LogP contribution in [0.1, 0.15) is 30.0 Å². The number of anilines is 1. The number of thiazole rings is 1. The van der Waals surface area contributed by atoms with Gasteiger partial charge in [-0.1, -0.05) is 5.21 Å². The molecule has 0 aliphatic carbocycles. The first-order chi connectivity index (χ1) is 9.51. The zero-order valence-electron chi connectivity index (χ0n) is 11.0. The number of carbonyl (C=O) groups is 2. The first kappa shape index (κ1) is 14.1. The number of carbonyl (C=O) groups excluding carboxylic acids is 1. The van der Waals surface area contributed by atoms with Crippen LogP contribution in [0.2, 0.25) is 0 Å². The molecule has 2 aromatic rings. The monoisotopic (exact) mass is 295 g/mol. The predicted molar refractivity (Wildman–Crippen MR) is 71.9 cm³/mol. The maximum absolute atomic E-state index is 11.4. The van der Waals surface area contributed by atoms with Gasteiger partial charge in [-0.05, 0) is 6.92 Å². The molecule has 8 nitrogen and oxygen atoms in total. The lowest BCUT2D eigenvalue weighted by Gasteiger charge is -2.14. The summed E-state index contributed by atoms with van der Waals surface area (Å²) in [5.41, 5.74) is 0.589. The molecule has 0 bridgehead atoms. The molecule has 0 saturated heterocycles. The lowest BCUT2D eigenvalue weighted by atomic mass is 10.4. The Bertz CT molecular complexity index is 636. The third-order valence-corrected chi connectivity index (χ3v) is 3.46. The number of carboxylic acids is 1. The van der Waals surface area contributed by atoms with Crippen LogP contribution in [0.3, 0.4) is 0 Å². The molecular formula is C11H13N5O3S. The lowest BCUT2D eigenvalue weighted by molar-refractivity contribution is -0.116. The highest BCUT2D eigenvalue weighted by molar-refractivity contribution is 7.14. The van der Waals surface area contributed by atoms with Gasteiger partial charge in [0, 0.05) is 18.8 Å². The van der Waals surface area contributed by atoms with Gasteiger partial charge in [-0.3, -0.25) is 9.69 Å². The van der Waals surface area contributed by atoms with Crippen molar-refractivity contribution in [3.05, 3.63) is 23.0 Å². The molecule has 9 heteroatoms. The number of aromatic carboxylic acids is 1. The average Bonchev–Trinajstić information content (AvgIpc) is 3.00. The van der Waals surface area contributed by atoms with Gasteiger partial charge in [-0.2, -0.15) is 0 Å². The number of carboxylic acid groups (broad SMARTS) is 1. The minimum Gasteiger partial charge on any atom is -0.476 e. The minimum absolute atomic E-state index is 0.0673. The van der Waals surface area contributed by atoms with Crippen molar-refractivity contribution >= 4 is 28.3 Å². The maximum Gasteiger partial charge on any atom is 0.358 e. The van der Waals surface area contributed by atoms with Gasteiger partial charge in [0.1, 0.15) is 0 Å². The number of hydrogen-bond donors (Lipinski definition) is 1. The zero-order valence-corrected chi connectivity index (χ0v) is 11.8. The third kappa shape index (κ3) is 2.99. The molecule has 0 aromatic carbocycles. The molecule has 106 valence electrons. The van der Waals surface area contributed by atoms with Crippen LogP contribution >= 0.6 is 11.3 Å². The summed E-state index contributed by atoms with van der Waals surface area (Å²) in [5.74, 6) is -1.19. The Kier molecular flexibility index (Phi) is 4.08. The molecule has 0 saturated carbocycles. The van der Waals surface area contributed by atoms with Gasteiger partial charge in [0.05, 0.1) is 18.4 Å². The minimum atomic E-state index is -1.12. The zero-order chi connectivity index (χ0) is 14.7. The van der Waals surface area contributed by atoms with Crippen molar-refractivity contribution in [1.82, 2.24) is 20.0 Å². The summed E-state index contributed by atoms with van der Waals surface area (Å²) in [6.07, 6.45) is 1.34. The highest BCUT2D eigenvalue weighted by atomic mass is 32.1. The molecule has 0 unspecified atom stereocenters. The van der Waals surface area contributed by atoms with Crippen molar-refractivity contribution < 1.29 is 14.7 Å². The fourth-order valence-electron chi connectivity index (χ4n) is 1.63. The molecule has 1 amide bonds. The molecule has 0 radical (unpaired) electrons. The van der Waals surface area contributed by atoms with Crippen LogP contribution in [-0.4, -0.2) is 43.5 Å². The first-order valence-corrected chi connectivity index (χ1v) is 6.75. The van der Waals surface area contributed by atoms with Crippen LogP contribution in [0.5, 0.6) is 0 Å². The van der Waals surface area contributed by atoms with E-state index in [1.165, 1.54) is 29.1 Å². The van der Waals surface area contributed by atoms with Gasteiger partial charge >= 0.3 is 5.97 Å². The van der Waals surface area contributed by atoms with Crippen molar-refractivity contribution in [2.24, 2.45) is 0 Å². The van der Waals surface area contributed by atoms with Crippen LogP contribution in [0, 0.1) is 0 Å². The summed E-state index contributed by atoms with van der Waals surface area (Å²) < 4.78 is 1.40. The highest BCUT2D eigenvalue weighted by Gasteiger charge is 2.14. The summed E-state index contributed by atoms with van der Waals surface area (Å²) in [5, 5.41) is 18.4. The number of aromatic nitrogens is 4. The van der Waals surface area contributed by atoms with E-state index < -0.39 is 5.97 Å².